The normalized spacial score (nSPS) is 22.6. The molecule has 0 heterocycles. The molecular weight excluding hydrogens is 162 g/mol. The molecular formula is C11H23NO. The number of likely N-dealkylation sites (N-methyl/N-ethyl adjacent to an activating group) is 1. The number of rotatable bonds is 4. The molecule has 0 aliphatic heterocycles. The van der Waals surface area contributed by atoms with Gasteiger partial charge in [0.25, 0.3) is 0 Å². The molecule has 0 aromatic rings. The van der Waals surface area contributed by atoms with Gasteiger partial charge in [0.2, 0.25) is 0 Å². The standard InChI is InChI=1S/C11H23NO/c1-3-13-11(10-12-2)8-6-4-5-7-9-11/h12H,3-10H2,1-2H3. The molecule has 0 atom stereocenters. The van der Waals surface area contributed by atoms with Crippen LogP contribution in [0.2, 0.25) is 0 Å². The van der Waals surface area contributed by atoms with Crippen LogP contribution >= 0.6 is 0 Å². The van der Waals surface area contributed by atoms with Crippen LogP contribution in [0.3, 0.4) is 0 Å². The topological polar surface area (TPSA) is 21.3 Å². The first-order valence-corrected chi connectivity index (χ1v) is 5.61. The second-order valence-electron chi connectivity index (χ2n) is 4.06. The van der Waals surface area contributed by atoms with E-state index < -0.39 is 0 Å². The highest BCUT2D eigenvalue weighted by Crippen LogP contribution is 2.29. The SMILES string of the molecule is CCOC1(CNC)CCCCCC1. The van der Waals surface area contributed by atoms with Gasteiger partial charge in [-0.15, -0.1) is 0 Å². The lowest BCUT2D eigenvalue weighted by Crippen LogP contribution is -2.41. The summed E-state index contributed by atoms with van der Waals surface area (Å²) < 4.78 is 5.93. The van der Waals surface area contributed by atoms with Gasteiger partial charge in [-0.05, 0) is 26.8 Å². The summed E-state index contributed by atoms with van der Waals surface area (Å²) in [5.41, 5.74) is 0.153. The minimum absolute atomic E-state index is 0.153. The third-order valence-electron chi connectivity index (χ3n) is 2.96. The van der Waals surface area contributed by atoms with E-state index >= 15 is 0 Å². The van der Waals surface area contributed by atoms with Crippen LogP contribution in [0.5, 0.6) is 0 Å². The molecule has 0 unspecified atom stereocenters. The van der Waals surface area contributed by atoms with Crippen molar-refractivity contribution in [2.45, 2.75) is 51.0 Å². The van der Waals surface area contributed by atoms with Crippen molar-refractivity contribution in [1.82, 2.24) is 5.32 Å². The van der Waals surface area contributed by atoms with Crippen molar-refractivity contribution >= 4 is 0 Å². The minimum atomic E-state index is 0.153. The van der Waals surface area contributed by atoms with Crippen LogP contribution in [0.25, 0.3) is 0 Å². The molecule has 2 nitrogen and oxygen atoms in total. The first-order valence-electron chi connectivity index (χ1n) is 5.61. The maximum atomic E-state index is 5.93. The lowest BCUT2D eigenvalue weighted by atomic mass is 9.94. The van der Waals surface area contributed by atoms with Gasteiger partial charge in [-0.1, -0.05) is 25.7 Å². The van der Waals surface area contributed by atoms with Gasteiger partial charge in [-0.3, -0.25) is 0 Å². The van der Waals surface area contributed by atoms with Gasteiger partial charge >= 0.3 is 0 Å². The van der Waals surface area contributed by atoms with E-state index in [2.05, 4.69) is 12.2 Å². The maximum Gasteiger partial charge on any atom is 0.0806 e. The molecule has 1 N–H and O–H groups in total. The number of hydrogen-bond acceptors (Lipinski definition) is 2. The maximum absolute atomic E-state index is 5.93. The first-order chi connectivity index (χ1) is 6.33. The molecule has 0 radical (unpaired) electrons. The average Bonchev–Trinajstić information content (AvgIpc) is 2.32. The van der Waals surface area contributed by atoms with E-state index in [4.69, 9.17) is 4.74 Å². The molecule has 0 bridgehead atoms. The molecule has 0 aromatic carbocycles. The fraction of sp³-hybridized carbons (Fsp3) is 1.00. The van der Waals surface area contributed by atoms with Crippen LogP contribution in [0.4, 0.5) is 0 Å². The van der Waals surface area contributed by atoms with Crippen molar-refractivity contribution in [3.8, 4) is 0 Å². The summed E-state index contributed by atoms with van der Waals surface area (Å²) in [6.45, 7) is 3.96. The van der Waals surface area contributed by atoms with E-state index in [9.17, 15) is 0 Å². The Kier molecular flexibility index (Phi) is 4.74. The van der Waals surface area contributed by atoms with Crippen LogP contribution in [0, 0.1) is 0 Å². The summed E-state index contributed by atoms with van der Waals surface area (Å²) in [4.78, 5) is 0. The highest BCUT2D eigenvalue weighted by Gasteiger charge is 2.30. The Morgan fingerprint density at radius 1 is 1.15 bits per heavy atom. The highest BCUT2D eigenvalue weighted by atomic mass is 16.5. The Balaban J connectivity index is 2.50. The van der Waals surface area contributed by atoms with E-state index in [-0.39, 0.29) is 5.60 Å². The third kappa shape index (κ3) is 3.28. The number of hydrogen-bond donors (Lipinski definition) is 1. The largest absolute Gasteiger partial charge is 0.374 e. The van der Waals surface area contributed by atoms with Gasteiger partial charge in [-0.2, -0.15) is 0 Å². The molecule has 0 aromatic heterocycles. The van der Waals surface area contributed by atoms with Crippen LogP contribution < -0.4 is 5.32 Å². The average molecular weight is 185 g/mol. The summed E-state index contributed by atoms with van der Waals surface area (Å²) in [6, 6.07) is 0. The fourth-order valence-corrected chi connectivity index (χ4v) is 2.37. The van der Waals surface area contributed by atoms with Crippen LogP contribution in [0.1, 0.15) is 45.4 Å². The van der Waals surface area contributed by atoms with E-state index in [1.807, 2.05) is 7.05 Å². The molecule has 0 spiro atoms. The monoisotopic (exact) mass is 185 g/mol. The van der Waals surface area contributed by atoms with Crippen molar-refractivity contribution in [3.05, 3.63) is 0 Å². The van der Waals surface area contributed by atoms with Gasteiger partial charge in [0, 0.05) is 13.2 Å². The Morgan fingerprint density at radius 3 is 2.23 bits per heavy atom. The highest BCUT2D eigenvalue weighted by molar-refractivity contribution is 4.84. The molecule has 0 saturated heterocycles. The minimum Gasteiger partial charge on any atom is -0.374 e. The summed E-state index contributed by atoms with van der Waals surface area (Å²) in [7, 11) is 2.02. The zero-order chi connectivity index (χ0) is 9.57. The molecule has 1 saturated carbocycles. The predicted octanol–water partition coefficient (Wildman–Crippen LogP) is 2.34. The number of nitrogens with one attached hydrogen (secondary N) is 1. The van der Waals surface area contributed by atoms with Crippen molar-refractivity contribution in [2.24, 2.45) is 0 Å². The molecule has 1 aliphatic rings. The van der Waals surface area contributed by atoms with Gasteiger partial charge in [0.1, 0.15) is 0 Å². The van der Waals surface area contributed by atoms with Crippen LogP contribution in [-0.4, -0.2) is 25.8 Å². The smallest absolute Gasteiger partial charge is 0.0806 e. The van der Waals surface area contributed by atoms with E-state index in [1.165, 1.54) is 38.5 Å². The summed E-state index contributed by atoms with van der Waals surface area (Å²) in [5.74, 6) is 0. The van der Waals surface area contributed by atoms with Crippen molar-refractivity contribution in [3.63, 3.8) is 0 Å². The first kappa shape index (κ1) is 11.0. The van der Waals surface area contributed by atoms with E-state index in [1.54, 1.807) is 0 Å². The van der Waals surface area contributed by atoms with Crippen molar-refractivity contribution in [1.29, 1.82) is 0 Å². The summed E-state index contributed by atoms with van der Waals surface area (Å²) in [6.07, 6.45) is 7.92. The van der Waals surface area contributed by atoms with E-state index in [0.717, 1.165) is 13.2 Å². The van der Waals surface area contributed by atoms with Gasteiger partial charge < -0.3 is 10.1 Å². The van der Waals surface area contributed by atoms with Crippen LogP contribution in [-0.2, 0) is 4.74 Å². The van der Waals surface area contributed by atoms with Crippen molar-refractivity contribution < 1.29 is 4.74 Å². The molecule has 0 amide bonds. The zero-order valence-corrected chi connectivity index (χ0v) is 9.07. The predicted molar refractivity (Wildman–Crippen MR) is 56.0 cm³/mol. The Morgan fingerprint density at radius 2 is 1.77 bits per heavy atom. The van der Waals surface area contributed by atoms with Gasteiger partial charge in [0.15, 0.2) is 0 Å². The van der Waals surface area contributed by atoms with Crippen LogP contribution in [0.15, 0.2) is 0 Å². The van der Waals surface area contributed by atoms with E-state index in [0.29, 0.717) is 0 Å². The Bertz CT molecular complexity index is 120. The van der Waals surface area contributed by atoms with Gasteiger partial charge in [-0.25, -0.2) is 0 Å². The Labute approximate surface area is 82.0 Å². The third-order valence-corrected chi connectivity index (χ3v) is 2.96. The molecule has 13 heavy (non-hydrogen) atoms. The van der Waals surface area contributed by atoms with Gasteiger partial charge in [0.05, 0.1) is 5.60 Å². The summed E-state index contributed by atoms with van der Waals surface area (Å²) in [5, 5.41) is 3.27. The zero-order valence-electron chi connectivity index (χ0n) is 9.07. The molecule has 1 rings (SSSR count). The summed E-state index contributed by atoms with van der Waals surface area (Å²) >= 11 is 0. The molecule has 78 valence electrons. The lowest BCUT2D eigenvalue weighted by Gasteiger charge is -2.32. The van der Waals surface area contributed by atoms with Crippen molar-refractivity contribution in [2.75, 3.05) is 20.2 Å². The quantitative estimate of drug-likeness (QED) is 0.679. The molecule has 2 heteroatoms. The molecule has 1 fully saturated rings. The number of ether oxygens (including phenoxy) is 1. The second-order valence-corrected chi connectivity index (χ2v) is 4.06. The molecule has 1 aliphatic carbocycles. The Hall–Kier alpha value is -0.0800. The second kappa shape index (κ2) is 5.61. The fourth-order valence-electron chi connectivity index (χ4n) is 2.37. The lowest BCUT2D eigenvalue weighted by molar-refractivity contribution is -0.0476.